The van der Waals surface area contributed by atoms with E-state index in [2.05, 4.69) is 15.5 Å². The van der Waals surface area contributed by atoms with E-state index in [0.29, 0.717) is 18.8 Å². The smallest absolute Gasteiger partial charge is 0.317 e. The first kappa shape index (κ1) is 18.1. The lowest BCUT2D eigenvalue weighted by atomic mass is 10.2. The van der Waals surface area contributed by atoms with Gasteiger partial charge in [0.05, 0.1) is 19.7 Å². The molecule has 1 aromatic carbocycles. The normalized spacial score (nSPS) is 16.7. The lowest BCUT2D eigenvalue weighted by molar-refractivity contribution is -0.117. The standard InChI is InChI=1S/C17H21N5O3S/c1-11-19-20-15(26-11)10-21(2)17(24)18-12-7-16(23)22(9-12)13-5-4-6-14(8-13)25-3/h4-6,8,12H,7,9-10H2,1-3H3,(H,18,24). The number of nitrogens with one attached hydrogen (secondary N) is 1. The number of hydrogen-bond donors (Lipinski definition) is 1. The summed E-state index contributed by atoms with van der Waals surface area (Å²) in [6, 6.07) is 6.86. The predicted molar refractivity (Wildman–Crippen MR) is 98.4 cm³/mol. The molecule has 2 aromatic rings. The quantitative estimate of drug-likeness (QED) is 0.861. The molecule has 1 N–H and O–H groups in total. The van der Waals surface area contributed by atoms with E-state index >= 15 is 0 Å². The molecule has 0 aliphatic carbocycles. The molecule has 0 radical (unpaired) electrons. The van der Waals surface area contributed by atoms with Crippen molar-refractivity contribution in [2.24, 2.45) is 0 Å². The Morgan fingerprint density at radius 1 is 1.46 bits per heavy atom. The van der Waals surface area contributed by atoms with Crippen LogP contribution >= 0.6 is 11.3 Å². The van der Waals surface area contributed by atoms with E-state index in [1.54, 1.807) is 24.0 Å². The fraction of sp³-hybridized carbons (Fsp3) is 0.412. The molecule has 3 rings (SSSR count). The average Bonchev–Trinajstić information content (AvgIpc) is 3.20. The van der Waals surface area contributed by atoms with Crippen molar-refractivity contribution in [1.82, 2.24) is 20.4 Å². The molecular formula is C17H21N5O3S. The average molecular weight is 375 g/mol. The van der Waals surface area contributed by atoms with Crippen molar-refractivity contribution in [3.63, 3.8) is 0 Å². The highest BCUT2D eigenvalue weighted by atomic mass is 32.1. The van der Waals surface area contributed by atoms with E-state index in [9.17, 15) is 9.59 Å². The van der Waals surface area contributed by atoms with Crippen LogP contribution in [0.5, 0.6) is 5.75 Å². The maximum atomic E-state index is 12.4. The Kier molecular flexibility index (Phi) is 5.36. The van der Waals surface area contributed by atoms with Crippen LogP contribution in [0.4, 0.5) is 10.5 Å². The summed E-state index contributed by atoms with van der Waals surface area (Å²) in [4.78, 5) is 27.9. The first-order valence-electron chi connectivity index (χ1n) is 8.21. The second-order valence-corrected chi connectivity index (χ2v) is 7.39. The highest BCUT2D eigenvalue weighted by molar-refractivity contribution is 7.11. The summed E-state index contributed by atoms with van der Waals surface area (Å²) >= 11 is 1.46. The lowest BCUT2D eigenvalue weighted by Gasteiger charge is -2.21. The zero-order valence-corrected chi connectivity index (χ0v) is 15.7. The van der Waals surface area contributed by atoms with Crippen LogP contribution in [-0.4, -0.2) is 53.8 Å². The van der Waals surface area contributed by atoms with Crippen molar-refractivity contribution >= 4 is 29.0 Å². The number of ether oxygens (including phenoxy) is 1. The van der Waals surface area contributed by atoms with Crippen molar-refractivity contribution < 1.29 is 14.3 Å². The van der Waals surface area contributed by atoms with Gasteiger partial charge in [-0.3, -0.25) is 4.79 Å². The monoisotopic (exact) mass is 375 g/mol. The molecule has 1 aliphatic rings. The molecule has 1 saturated heterocycles. The molecule has 26 heavy (non-hydrogen) atoms. The van der Waals surface area contributed by atoms with Gasteiger partial charge < -0.3 is 19.9 Å². The van der Waals surface area contributed by atoms with Crippen LogP contribution < -0.4 is 15.0 Å². The third-order valence-electron chi connectivity index (χ3n) is 4.10. The molecule has 0 saturated carbocycles. The summed E-state index contributed by atoms with van der Waals surface area (Å²) in [5.41, 5.74) is 0.767. The van der Waals surface area contributed by atoms with Gasteiger partial charge >= 0.3 is 6.03 Å². The van der Waals surface area contributed by atoms with Gasteiger partial charge in [-0.1, -0.05) is 17.4 Å². The van der Waals surface area contributed by atoms with Gasteiger partial charge in [-0.15, -0.1) is 10.2 Å². The van der Waals surface area contributed by atoms with E-state index in [1.165, 1.54) is 11.3 Å². The van der Waals surface area contributed by atoms with Crippen LogP contribution in [0.25, 0.3) is 0 Å². The number of methoxy groups -OCH3 is 1. The Balaban J connectivity index is 1.58. The summed E-state index contributed by atoms with van der Waals surface area (Å²) in [5.74, 6) is 0.667. The van der Waals surface area contributed by atoms with Gasteiger partial charge in [0.15, 0.2) is 0 Å². The van der Waals surface area contributed by atoms with Crippen LogP contribution in [-0.2, 0) is 11.3 Å². The minimum Gasteiger partial charge on any atom is -0.497 e. The number of benzene rings is 1. The maximum Gasteiger partial charge on any atom is 0.317 e. The Labute approximate surface area is 155 Å². The van der Waals surface area contributed by atoms with E-state index in [1.807, 2.05) is 31.2 Å². The van der Waals surface area contributed by atoms with Crippen molar-refractivity contribution in [2.45, 2.75) is 25.9 Å². The van der Waals surface area contributed by atoms with Crippen molar-refractivity contribution in [3.8, 4) is 5.75 Å². The van der Waals surface area contributed by atoms with Crippen molar-refractivity contribution in [2.75, 3.05) is 25.6 Å². The molecule has 1 aliphatic heterocycles. The number of urea groups is 1. The maximum absolute atomic E-state index is 12.4. The third kappa shape index (κ3) is 4.10. The summed E-state index contributed by atoms with van der Waals surface area (Å²) in [6.07, 6.45) is 0.273. The van der Waals surface area contributed by atoms with Crippen LogP contribution in [0.15, 0.2) is 24.3 Å². The number of rotatable bonds is 5. The molecule has 9 heteroatoms. The Morgan fingerprint density at radius 3 is 2.96 bits per heavy atom. The largest absolute Gasteiger partial charge is 0.497 e. The zero-order chi connectivity index (χ0) is 18.7. The molecule has 1 fully saturated rings. The number of aromatic nitrogens is 2. The van der Waals surface area contributed by atoms with Crippen molar-refractivity contribution in [1.29, 1.82) is 0 Å². The summed E-state index contributed by atoms with van der Waals surface area (Å²) in [7, 11) is 3.28. The number of carbonyl (C=O) groups excluding carboxylic acids is 2. The number of nitrogens with zero attached hydrogens (tertiary/aromatic N) is 4. The molecule has 8 nitrogen and oxygen atoms in total. The summed E-state index contributed by atoms with van der Waals surface area (Å²) < 4.78 is 5.21. The molecular weight excluding hydrogens is 354 g/mol. The van der Waals surface area contributed by atoms with E-state index < -0.39 is 0 Å². The topological polar surface area (TPSA) is 87.7 Å². The number of hydrogen-bond acceptors (Lipinski definition) is 6. The van der Waals surface area contributed by atoms with Gasteiger partial charge in [-0.2, -0.15) is 0 Å². The van der Waals surface area contributed by atoms with E-state index in [-0.39, 0.29) is 24.4 Å². The molecule has 1 atom stereocenters. The van der Waals surface area contributed by atoms with E-state index in [0.717, 1.165) is 15.7 Å². The van der Waals surface area contributed by atoms with Gasteiger partial charge in [0.1, 0.15) is 15.8 Å². The number of carbonyl (C=O) groups is 2. The Hall–Kier alpha value is -2.68. The Bertz CT molecular complexity index is 809. The highest BCUT2D eigenvalue weighted by Gasteiger charge is 2.32. The highest BCUT2D eigenvalue weighted by Crippen LogP contribution is 2.25. The SMILES string of the molecule is COc1cccc(N2CC(NC(=O)N(C)Cc3nnc(C)s3)CC2=O)c1. The summed E-state index contributed by atoms with van der Waals surface area (Å²) in [6.45, 7) is 2.69. The van der Waals surface area contributed by atoms with Gasteiger partial charge in [-0.25, -0.2) is 4.79 Å². The predicted octanol–water partition coefficient (Wildman–Crippen LogP) is 1.80. The van der Waals surface area contributed by atoms with Gasteiger partial charge in [0, 0.05) is 31.8 Å². The lowest BCUT2D eigenvalue weighted by Crippen LogP contribution is -2.44. The van der Waals surface area contributed by atoms with E-state index in [4.69, 9.17) is 4.74 Å². The molecule has 0 spiro atoms. The number of aryl methyl sites for hydroxylation is 1. The van der Waals surface area contributed by atoms with Gasteiger partial charge in [-0.05, 0) is 19.1 Å². The first-order valence-corrected chi connectivity index (χ1v) is 9.03. The van der Waals surface area contributed by atoms with Crippen LogP contribution in [0.1, 0.15) is 16.4 Å². The number of amides is 3. The second kappa shape index (κ2) is 7.69. The Morgan fingerprint density at radius 2 is 2.27 bits per heavy atom. The zero-order valence-electron chi connectivity index (χ0n) is 14.9. The number of anilines is 1. The van der Waals surface area contributed by atoms with Crippen LogP contribution in [0.3, 0.4) is 0 Å². The second-order valence-electron chi connectivity index (χ2n) is 6.13. The van der Waals surface area contributed by atoms with Crippen LogP contribution in [0, 0.1) is 6.92 Å². The minimum absolute atomic E-state index is 0.0223. The molecule has 3 amide bonds. The fourth-order valence-corrected chi connectivity index (χ4v) is 3.56. The van der Waals surface area contributed by atoms with Crippen molar-refractivity contribution in [3.05, 3.63) is 34.3 Å². The van der Waals surface area contributed by atoms with Crippen LogP contribution in [0.2, 0.25) is 0 Å². The molecule has 2 heterocycles. The van der Waals surface area contributed by atoms with Gasteiger partial charge in [0.25, 0.3) is 0 Å². The molecule has 1 unspecified atom stereocenters. The molecule has 1 aromatic heterocycles. The minimum atomic E-state index is -0.236. The summed E-state index contributed by atoms with van der Waals surface area (Å²) in [5, 5.41) is 12.5. The van der Waals surface area contributed by atoms with Gasteiger partial charge in [0.2, 0.25) is 5.91 Å². The molecule has 138 valence electrons. The fourth-order valence-electron chi connectivity index (χ4n) is 2.79. The molecule has 0 bridgehead atoms. The first-order chi connectivity index (χ1) is 12.5. The third-order valence-corrected chi connectivity index (χ3v) is 4.93.